The van der Waals surface area contributed by atoms with Crippen LogP contribution in [0.5, 0.6) is 0 Å². The van der Waals surface area contributed by atoms with E-state index in [-0.39, 0.29) is 0 Å². The molecule has 0 heteroatoms. The third-order valence-electron chi connectivity index (χ3n) is 3.84. The summed E-state index contributed by atoms with van der Waals surface area (Å²) in [5, 5.41) is 0. The molecule has 0 bridgehead atoms. The minimum atomic E-state index is 0.587. The monoisotopic (exact) mass is 202 g/mol. The van der Waals surface area contributed by atoms with Crippen LogP contribution in [-0.4, -0.2) is 0 Å². The van der Waals surface area contributed by atoms with Gasteiger partial charge in [-0.05, 0) is 49.0 Å². The first-order valence-electron chi connectivity index (χ1n) is 6.21. The Hall–Kier alpha value is -0.780. The van der Waals surface area contributed by atoms with Crippen LogP contribution >= 0.6 is 0 Å². The van der Waals surface area contributed by atoms with Crippen molar-refractivity contribution in [3.63, 3.8) is 0 Å². The smallest absolute Gasteiger partial charge is 0.0160 e. The van der Waals surface area contributed by atoms with E-state index in [1.165, 1.54) is 25.7 Å². The average molecular weight is 202 g/mol. The first kappa shape index (κ1) is 10.7. The van der Waals surface area contributed by atoms with Crippen LogP contribution in [0.1, 0.15) is 46.0 Å². The summed E-state index contributed by atoms with van der Waals surface area (Å²) in [5.41, 5.74) is 2.17. The average Bonchev–Trinajstić information content (AvgIpc) is 2.46. The molecule has 0 atom stereocenters. The van der Waals surface area contributed by atoms with Crippen molar-refractivity contribution in [3.8, 4) is 0 Å². The molecule has 0 aliphatic heterocycles. The lowest BCUT2D eigenvalue weighted by molar-refractivity contribution is 0.210. The fraction of sp³-hybridized carbons (Fsp3) is 0.600. The lowest BCUT2D eigenvalue weighted by atomic mass is 9.71. The first-order chi connectivity index (χ1) is 7.17. The van der Waals surface area contributed by atoms with E-state index in [2.05, 4.69) is 44.2 Å². The van der Waals surface area contributed by atoms with Crippen LogP contribution in [0.2, 0.25) is 0 Å². The van der Waals surface area contributed by atoms with E-state index in [4.69, 9.17) is 0 Å². The highest BCUT2D eigenvalue weighted by Crippen LogP contribution is 2.41. The van der Waals surface area contributed by atoms with Crippen LogP contribution in [0, 0.1) is 11.3 Å². The summed E-state index contributed by atoms with van der Waals surface area (Å²) in [6.45, 7) is 4.81. The van der Waals surface area contributed by atoms with Gasteiger partial charge in [0.15, 0.2) is 0 Å². The summed E-state index contributed by atoms with van der Waals surface area (Å²) >= 11 is 0. The molecule has 15 heavy (non-hydrogen) atoms. The van der Waals surface area contributed by atoms with Crippen LogP contribution in [0.15, 0.2) is 36.0 Å². The van der Waals surface area contributed by atoms with E-state index in [0.29, 0.717) is 5.41 Å². The molecule has 2 rings (SSSR count). The molecule has 0 spiro atoms. The molecule has 0 radical (unpaired) electrons. The summed E-state index contributed by atoms with van der Waals surface area (Å²) in [7, 11) is 0. The molecule has 0 aromatic heterocycles. The van der Waals surface area contributed by atoms with E-state index in [1.54, 1.807) is 5.57 Å². The van der Waals surface area contributed by atoms with E-state index >= 15 is 0 Å². The summed E-state index contributed by atoms with van der Waals surface area (Å²) in [6, 6.07) is 0. The lowest BCUT2D eigenvalue weighted by Gasteiger charge is -2.34. The molecular weight excluding hydrogens is 180 g/mol. The van der Waals surface area contributed by atoms with Gasteiger partial charge in [0.25, 0.3) is 0 Å². The summed E-state index contributed by atoms with van der Waals surface area (Å²) in [4.78, 5) is 0. The Balaban J connectivity index is 1.98. The predicted octanol–water partition coefficient (Wildman–Crippen LogP) is 4.65. The van der Waals surface area contributed by atoms with Crippen LogP contribution in [-0.2, 0) is 0 Å². The maximum atomic E-state index is 2.41. The summed E-state index contributed by atoms with van der Waals surface area (Å²) in [6.07, 6.45) is 17.9. The van der Waals surface area contributed by atoms with Crippen LogP contribution in [0.25, 0.3) is 0 Å². The van der Waals surface area contributed by atoms with Gasteiger partial charge in [0, 0.05) is 0 Å². The van der Waals surface area contributed by atoms with Gasteiger partial charge in [0.2, 0.25) is 0 Å². The van der Waals surface area contributed by atoms with Crippen molar-refractivity contribution in [1.82, 2.24) is 0 Å². The molecule has 0 N–H and O–H groups in total. The second-order valence-corrected chi connectivity index (χ2v) is 5.67. The molecule has 0 unspecified atom stereocenters. The Labute approximate surface area is 93.8 Å². The molecule has 0 aromatic rings. The highest BCUT2D eigenvalue weighted by molar-refractivity contribution is 5.28. The first-order valence-corrected chi connectivity index (χ1v) is 6.21. The van der Waals surface area contributed by atoms with E-state index in [9.17, 15) is 0 Å². The normalized spacial score (nSPS) is 26.1. The third-order valence-corrected chi connectivity index (χ3v) is 3.84. The predicted molar refractivity (Wildman–Crippen MR) is 66.7 cm³/mol. The minimum Gasteiger partial charge on any atom is -0.0807 e. The molecule has 0 aromatic carbocycles. The standard InChI is InChI=1S/C15H22/c1-15(2)11-9-14(10-12-15)13-7-5-3-4-6-8-13/h3-5,7-8,14H,6,9-12H2,1-2H3. The summed E-state index contributed by atoms with van der Waals surface area (Å²) < 4.78 is 0. The Bertz CT molecular complexity index is 292. The topological polar surface area (TPSA) is 0 Å². The van der Waals surface area contributed by atoms with E-state index in [0.717, 1.165) is 12.3 Å². The quantitative estimate of drug-likeness (QED) is 0.581. The van der Waals surface area contributed by atoms with Crippen LogP contribution in [0.3, 0.4) is 0 Å². The van der Waals surface area contributed by atoms with Crippen molar-refractivity contribution in [2.45, 2.75) is 46.0 Å². The Morgan fingerprint density at radius 1 is 1.13 bits per heavy atom. The Morgan fingerprint density at radius 3 is 2.60 bits per heavy atom. The fourth-order valence-electron chi connectivity index (χ4n) is 2.63. The van der Waals surface area contributed by atoms with Crippen molar-refractivity contribution in [3.05, 3.63) is 36.0 Å². The third kappa shape index (κ3) is 2.84. The maximum Gasteiger partial charge on any atom is -0.0160 e. The van der Waals surface area contributed by atoms with Crippen molar-refractivity contribution in [1.29, 1.82) is 0 Å². The second-order valence-electron chi connectivity index (χ2n) is 5.67. The fourth-order valence-corrected chi connectivity index (χ4v) is 2.63. The van der Waals surface area contributed by atoms with Crippen LogP contribution in [0.4, 0.5) is 0 Å². The molecule has 2 aliphatic carbocycles. The maximum absolute atomic E-state index is 2.41. The van der Waals surface area contributed by atoms with E-state index < -0.39 is 0 Å². The molecule has 1 fully saturated rings. The molecule has 2 aliphatic rings. The number of hydrogen-bond donors (Lipinski definition) is 0. The molecule has 0 nitrogen and oxygen atoms in total. The van der Waals surface area contributed by atoms with Gasteiger partial charge in [-0.2, -0.15) is 0 Å². The van der Waals surface area contributed by atoms with Crippen LogP contribution < -0.4 is 0 Å². The molecule has 0 saturated heterocycles. The van der Waals surface area contributed by atoms with Gasteiger partial charge in [-0.15, -0.1) is 0 Å². The zero-order valence-corrected chi connectivity index (χ0v) is 10.00. The zero-order valence-electron chi connectivity index (χ0n) is 10.00. The van der Waals surface area contributed by atoms with Gasteiger partial charge in [-0.1, -0.05) is 44.2 Å². The molecular formula is C15H22. The van der Waals surface area contributed by atoms with Crippen molar-refractivity contribution in [2.75, 3.05) is 0 Å². The highest BCUT2D eigenvalue weighted by Gasteiger charge is 2.27. The Kier molecular flexibility index (Phi) is 3.14. The number of hydrogen-bond acceptors (Lipinski definition) is 0. The molecule has 1 saturated carbocycles. The molecule has 0 amide bonds. The van der Waals surface area contributed by atoms with Crippen molar-refractivity contribution < 1.29 is 0 Å². The van der Waals surface area contributed by atoms with E-state index in [1.807, 2.05) is 0 Å². The Morgan fingerprint density at radius 2 is 1.87 bits per heavy atom. The van der Waals surface area contributed by atoms with Gasteiger partial charge in [0.1, 0.15) is 0 Å². The zero-order chi connectivity index (χ0) is 10.7. The van der Waals surface area contributed by atoms with Crippen molar-refractivity contribution >= 4 is 0 Å². The number of rotatable bonds is 1. The SMILES string of the molecule is CC1(C)CCC(C2=CCC=CC=C2)CC1. The van der Waals surface area contributed by atoms with Crippen molar-refractivity contribution in [2.24, 2.45) is 11.3 Å². The largest absolute Gasteiger partial charge is 0.0807 e. The van der Waals surface area contributed by atoms with Gasteiger partial charge < -0.3 is 0 Å². The lowest BCUT2D eigenvalue weighted by Crippen LogP contribution is -2.21. The minimum absolute atomic E-state index is 0.587. The number of allylic oxidation sites excluding steroid dienone is 6. The van der Waals surface area contributed by atoms with Gasteiger partial charge in [-0.25, -0.2) is 0 Å². The van der Waals surface area contributed by atoms with Gasteiger partial charge in [0.05, 0.1) is 0 Å². The molecule has 0 heterocycles. The summed E-state index contributed by atoms with van der Waals surface area (Å²) in [5.74, 6) is 0.828. The second kappa shape index (κ2) is 4.38. The van der Waals surface area contributed by atoms with Gasteiger partial charge in [-0.3, -0.25) is 0 Å². The molecule has 82 valence electrons. The van der Waals surface area contributed by atoms with Gasteiger partial charge >= 0.3 is 0 Å². The highest BCUT2D eigenvalue weighted by atomic mass is 14.3.